The SMILES string of the molecule is Cc1noc(NC(=O)C2=NN(C)C(=O)CC2)c1-c1ccc(F)cc1. The molecule has 7 nitrogen and oxygen atoms in total. The number of hydrogen-bond donors (Lipinski definition) is 1. The summed E-state index contributed by atoms with van der Waals surface area (Å²) in [6.07, 6.45) is 0.483. The van der Waals surface area contributed by atoms with Crippen LogP contribution in [0, 0.1) is 12.7 Å². The lowest BCUT2D eigenvalue weighted by atomic mass is 10.1. The molecule has 0 atom stereocenters. The van der Waals surface area contributed by atoms with Gasteiger partial charge >= 0.3 is 0 Å². The van der Waals surface area contributed by atoms with Crippen LogP contribution in [0.4, 0.5) is 10.3 Å². The molecule has 0 radical (unpaired) electrons. The first kappa shape index (κ1) is 15.9. The Morgan fingerprint density at radius 1 is 1.29 bits per heavy atom. The monoisotopic (exact) mass is 330 g/mol. The number of rotatable bonds is 3. The number of benzene rings is 1. The zero-order chi connectivity index (χ0) is 17.3. The van der Waals surface area contributed by atoms with Crippen LogP contribution in [0.5, 0.6) is 0 Å². The van der Waals surface area contributed by atoms with Crippen LogP contribution in [0.1, 0.15) is 18.5 Å². The third-order valence-corrected chi connectivity index (χ3v) is 3.69. The number of carbonyl (C=O) groups is 2. The molecular formula is C16H15FN4O3. The normalized spacial score (nSPS) is 14.5. The van der Waals surface area contributed by atoms with E-state index >= 15 is 0 Å². The number of nitrogens with zero attached hydrogens (tertiary/aromatic N) is 3. The van der Waals surface area contributed by atoms with Crippen molar-refractivity contribution in [2.24, 2.45) is 5.10 Å². The minimum absolute atomic E-state index is 0.144. The average Bonchev–Trinajstić information content (AvgIpc) is 2.91. The van der Waals surface area contributed by atoms with Gasteiger partial charge in [0.05, 0.1) is 11.3 Å². The Kier molecular flexibility index (Phi) is 4.11. The number of hydrogen-bond acceptors (Lipinski definition) is 5. The zero-order valence-corrected chi connectivity index (χ0v) is 13.2. The van der Waals surface area contributed by atoms with Crippen LogP contribution in [0.25, 0.3) is 11.1 Å². The number of nitrogens with one attached hydrogen (secondary N) is 1. The van der Waals surface area contributed by atoms with Crippen molar-refractivity contribution in [1.82, 2.24) is 10.2 Å². The van der Waals surface area contributed by atoms with Crippen LogP contribution in [-0.4, -0.2) is 34.7 Å². The fourth-order valence-electron chi connectivity index (χ4n) is 2.42. The topological polar surface area (TPSA) is 87.8 Å². The van der Waals surface area contributed by atoms with Gasteiger partial charge in [-0.1, -0.05) is 17.3 Å². The van der Waals surface area contributed by atoms with Gasteiger partial charge in [-0.25, -0.2) is 9.40 Å². The molecule has 1 aliphatic heterocycles. The molecule has 0 fully saturated rings. The van der Waals surface area contributed by atoms with E-state index in [4.69, 9.17) is 4.52 Å². The van der Waals surface area contributed by atoms with Crippen molar-refractivity contribution in [3.05, 3.63) is 35.8 Å². The van der Waals surface area contributed by atoms with Crippen LogP contribution in [0.15, 0.2) is 33.9 Å². The smallest absolute Gasteiger partial charge is 0.274 e. The number of aryl methyl sites for hydroxylation is 1. The second-order valence-corrected chi connectivity index (χ2v) is 5.40. The van der Waals surface area contributed by atoms with Gasteiger partial charge in [-0.2, -0.15) is 5.10 Å². The first-order chi connectivity index (χ1) is 11.5. The maximum Gasteiger partial charge on any atom is 0.274 e. The van der Waals surface area contributed by atoms with Crippen molar-refractivity contribution in [3.63, 3.8) is 0 Å². The molecule has 1 N–H and O–H groups in total. The van der Waals surface area contributed by atoms with Crippen LogP contribution < -0.4 is 5.32 Å². The standard InChI is InChI=1S/C16H15FN4O3/c1-9-14(10-3-5-11(17)6-4-10)16(24-20-9)18-15(23)12-7-8-13(22)21(2)19-12/h3-6H,7-8H2,1-2H3,(H,18,23). The molecule has 1 aromatic carbocycles. The van der Waals surface area contributed by atoms with Gasteiger partial charge in [-0.3, -0.25) is 14.9 Å². The molecule has 2 amide bonds. The number of anilines is 1. The third kappa shape index (κ3) is 3.03. The summed E-state index contributed by atoms with van der Waals surface area (Å²) < 4.78 is 18.3. The van der Waals surface area contributed by atoms with Gasteiger partial charge in [0.15, 0.2) is 0 Å². The zero-order valence-electron chi connectivity index (χ0n) is 13.2. The predicted octanol–water partition coefficient (Wildman–Crippen LogP) is 2.34. The fourth-order valence-corrected chi connectivity index (χ4v) is 2.42. The van der Waals surface area contributed by atoms with E-state index in [1.807, 2.05) is 0 Å². The highest BCUT2D eigenvalue weighted by molar-refractivity contribution is 6.43. The van der Waals surface area contributed by atoms with Crippen molar-refractivity contribution < 1.29 is 18.5 Å². The fraction of sp³-hybridized carbons (Fsp3) is 0.250. The van der Waals surface area contributed by atoms with Crippen molar-refractivity contribution >= 4 is 23.4 Å². The average molecular weight is 330 g/mol. The molecule has 124 valence electrons. The van der Waals surface area contributed by atoms with Gasteiger partial charge in [-0.05, 0) is 24.6 Å². The number of carbonyl (C=O) groups excluding carboxylic acids is 2. The highest BCUT2D eigenvalue weighted by Gasteiger charge is 2.24. The Balaban J connectivity index is 1.86. The van der Waals surface area contributed by atoms with Gasteiger partial charge < -0.3 is 4.52 Å². The molecule has 0 unspecified atom stereocenters. The van der Waals surface area contributed by atoms with Crippen LogP contribution in [0.3, 0.4) is 0 Å². The van der Waals surface area contributed by atoms with E-state index in [0.717, 1.165) is 5.01 Å². The van der Waals surface area contributed by atoms with Crippen LogP contribution in [-0.2, 0) is 9.59 Å². The van der Waals surface area contributed by atoms with E-state index in [-0.39, 0.29) is 36.2 Å². The molecule has 1 aromatic heterocycles. The Labute approximate surface area is 137 Å². The highest BCUT2D eigenvalue weighted by atomic mass is 19.1. The van der Waals surface area contributed by atoms with Gasteiger partial charge in [0.2, 0.25) is 11.8 Å². The van der Waals surface area contributed by atoms with E-state index < -0.39 is 5.91 Å². The van der Waals surface area contributed by atoms with Gasteiger partial charge in [-0.15, -0.1) is 0 Å². The molecule has 2 aromatic rings. The summed E-state index contributed by atoms with van der Waals surface area (Å²) in [6.45, 7) is 1.72. The van der Waals surface area contributed by atoms with E-state index in [9.17, 15) is 14.0 Å². The minimum Gasteiger partial charge on any atom is -0.337 e. The summed E-state index contributed by atoms with van der Waals surface area (Å²) in [4.78, 5) is 23.8. The molecule has 2 heterocycles. The molecule has 0 bridgehead atoms. The van der Waals surface area contributed by atoms with Crippen molar-refractivity contribution in [3.8, 4) is 11.1 Å². The summed E-state index contributed by atoms with van der Waals surface area (Å²) in [7, 11) is 1.50. The van der Waals surface area contributed by atoms with Gasteiger partial charge in [0.25, 0.3) is 5.91 Å². The van der Waals surface area contributed by atoms with Crippen molar-refractivity contribution in [2.75, 3.05) is 12.4 Å². The van der Waals surface area contributed by atoms with Crippen LogP contribution in [0.2, 0.25) is 0 Å². The Bertz CT molecular complexity index is 826. The summed E-state index contributed by atoms with van der Waals surface area (Å²) in [5.41, 5.74) is 2.04. The summed E-state index contributed by atoms with van der Waals surface area (Å²) in [6, 6.07) is 5.79. The molecule has 3 rings (SSSR count). The molecule has 0 spiro atoms. The Morgan fingerprint density at radius 3 is 2.67 bits per heavy atom. The summed E-state index contributed by atoms with van der Waals surface area (Å²) in [5.74, 6) is -0.808. The number of amides is 2. The third-order valence-electron chi connectivity index (χ3n) is 3.69. The first-order valence-electron chi connectivity index (χ1n) is 7.33. The number of aromatic nitrogens is 1. The Morgan fingerprint density at radius 2 is 2.00 bits per heavy atom. The summed E-state index contributed by atoms with van der Waals surface area (Å²) in [5, 5.41) is 11.6. The lowest BCUT2D eigenvalue weighted by Crippen LogP contribution is -2.34. The largest absolute Gasteiger partial charge is 0.337 e. The van der Waals surface area contributed by atoms with Crippen molar-refractivity contribution in [1.29, 1.82) is 0 Å². The molecule has 0 aliphatic carbocycles. The number of halogens is 1. The maximum absolute atomic E-state index is 13.1. The molecule has 0 saturated carbocycles. The minimum atomic E-state index is -0.464. The van der Waals surface area contributed by atoms with Crippen molar-refractivity contribution in [2.45, 2.75) is 19.8 Å². The lowest BCUT2D eigenvalue weighted by Gasteiger charge is -2.18. The van der Waals surface area contributed by atoms with E-state index in [0.29, 0.717) is 16.8 Å². The van der Waals surface area contributed by atoms with E-state index in [1.165, 1.54) is 19.2 Å². The van der Waals surface area contributed by atoms with Gasteiger partial charge in [0, 0.05) is 19.9 Å². The Hall–Kier alpha value is -3.03. The molecule has 0 saturated heterocycles. The van der Waals surface area contributed by atoms with Gasteiger partial charge in [0.1, 0.15) is 11.5 Å². The second kappa shape index (κ2) is 6.23. The molecule has 1 aliphatic rings. The van der Waals surface area contributed by atoms with Crippen LogP contribution >= 0.6 is 0 Å². The van der Waals surface area contributed by atoms with E-state index in [1.54, 1.807) is 19.1 Å². The summed E-state index contributed by atoms with van der Waals surface area (Å²) >= 11 is 0. The molecular weight excluding hydrogens is 315 g/mol. The predicted molar refractivity (Wildman–Crippen MR) is 84.7 cm³/mol. The second-order valence-electron chi connectivity index (χ2n) is 5.40. The van der Waals surface area contributed by atoms with E-state index in [2.05, 4.69) is 15.6 Å². The first-order valence-corrected chi connectivity index (χ1v) is 7.33. The molecule has 24 heavy (non-hydrogen) atoms. The lowest BCUT2D eigenvalue weighted by molar-refractivity contribution is -0.130. The molecule has 8 heteroatoms. The highest BCUT2D eigenvalue weighted by Crippen LogP contribution is 2.31. The number of hydrazone groups is 1. The maximum atomic E-state index is 13.1. The quantitative estimate of drug-likeness (QED) is 0.935.